The molecule has 1 unspecified atom stereocenters. The van der Waals surface area contributed by atoms with Crippen molar-refractivity contribution in [3.05, 3.63) is 46.4 Å². The second kappa shape index (κ2) is 5.54. The molecule has 0 saturated heterocycles. The molecule has 0 aliphatic carbocycles. The number of hydrogen-bond donors (Lipinski definition) is 1. The third-order valence-corrected chi connectivity index (χ3v) is 4.93. The number of nitrogens with one attached hydrogen (secondary N) is 1. The summed E-state index contributed by atoms with van der Waals surface area (Å²) in [6.45, 7) is 7.42. The first-order chi connectivity index (χ1) is 9.70. The second-order valence-electron chi connectivity index (χ2n) is 5.68. The van der Waals surface area contributed by atoms with Crippen molar-refractivity contribution < 1.29 is 0 Å². The fourth-order valence-electron chi connectivity index (χ4n) is 2.71. The minimum Gasteiger partial charge on any atom is -0.363 e. The summed E-state index contributed by atoms with van der Waals surface area (Å²) in [5.41, 5.74) is 2.87. The smallest absolute Gasteiger partial charge is 0.112 e. The van der Waals surface area contributed by atoms with Crippen molar-refractivity contribution in [3.8, 4) is 0 Å². The van der Waals surface area contributed by atoms with Gasteiger partial charge in [-0.15, -0.1) is 11.3 Å². The predicted octanol–water partition coefficient (Wildman–Crippen LogP) is 3.42. The van der Waals surface area contributed by atoms with E-state index >= 15 is 0 Å². The number of anilines is 1. The number of nitrogens with zero attached hydrogens (tertiary/aromatic N) is 2. The molecule has 20 heavy (non-hydrogen) atoms. The molecular weight excluding hydrogens is 266 g/mol. The Morgan fingerprint density at radius 1 is 1.40 bits per heavy atom. The molecule has 3 rings (SSSR count). The van der Waals surface area contributed by atoms with Crippen molar-refractivity contribution in [1.82, 2.24) is 10.3 Å². The lowest BCUT2D eigenvalue weighted by Gasteiger charge is -2.33. The average Bonchev–Trinajstić information content (AvgIpc) is 2.93. The van der Waals surface area contributed by atoms with E-state index in [9.17, 15) is 0 Å². The van der Waals surface area contributed by atoms with Gasteiger partial charge in [0.15, 0.2) is 0 Å². The summed E-state index contributed by atoms with van der Waals surface area (Å²) >= 11 is 1.73. The first-order valence-electron chi connectivity index (χ1n) is 7.16. The summed E-state index contributed by atoms with van der Waals surface area (Å²) in [6.07, 6.45) is 3.01. The maximum Gasteiger partial charge on any atom is 0.112 e. The Labute approximate surface area is 124 Å². The maximum atomic E-state index is 4.44. The van der Waals surface area contributed by atoms with Crippen molar-refractivity contribution >= 4 is 17.0 Å². The minimum absolute atomic E-state index is 0.149. The fraction of sp³-hybridized carbons (Fsp3) is 0.438. The van der Waals surface area contributed by atoms with Crippen LogP contribution in [0, 0.1) is 0 Å². The Balaban J connectivity index is 1.94. The van der Waals surface area contributed by atoms with Gasteiger partial charge in [-0.1, -0.05) is 25.1 Å². The molecule has 3 nitrogen and oxygen atoms in total. The SMILES string of the molecule is CCC1(C)CN(Cc2nccs2)c2ccccc2CN1. The molecule has 2 aromatic rings. The summed E-state index contributed by atoms with van der Waals surface area (Å²) < 4.78 is 0. The van der Waals surface area contributed by atoms with E-state index < -0.39 is 0 Å². The monoisotopic (exact) mass is 287 g/mol. The number of aromatic nitrogens is 1. The molecule has 1 aliphatic heterocycles. The quantitative estimate of drug-likeness (QED) is 0.937. The van der Waals surface area contributed by atoms with Crippen LogP contribution in [-0.4, -0.2) is 17.1 Å². The zero-order valence-corrected chi connectivity index (χ0v) is 12.9. The van der Waals surface area contributed by atoms with Crippen LogP contribution in [0.3, 0.4) is 0 Å². The summed E-state index contributed by atoms with van der Waals surface area (Å²) in [6, 6.07) is 8.70. The largest absolute Gasteiger partial charge is 0.363 e. The molecule has 0 spiro atoms. The highest BCUT2D eigenvalue weighted by Gasteiger charge is 2.29. The molecule has 1 aromatic heterocycles. The van der Waals surface area contributed by atoms with Gasteiger partial charge < -0.3 is 10.2 Å². The molecule has 0 saturated carbocycles. The molecule has 1 aromatic carbocycles. The van der Waals surface area contributed by atoms with Gasteiger partial charge in [0.05, 0.1) is 6.54 Å². The van der Waals surface area contributed by atoms with Crippen LogP contribution in [0.4, 0.5) is 5.69 Å². The van der Waals surface area contributed by atoms with Gasteiger partial charge in [0.1, 0.15) is 5.01 Å². The van der Waals surface area contributed by atoms with E-state index in [-0.39, 0.29) is 5.54 Å². The van der Waals surface area contributed by atoms with Crippen molar-refractivity contribution in [3.63, 3.8) is 0 Å². The van der Waals surface area contributed by atoms with Crippen LogP contribution < -0.4 is 10.2 Å². The summed E-state index contributed by atoms with van der Waals surface area (Å²) in [5.74, 6) is 0. The lowest BCUT2D eigenvalue weighted by molar-refractivity contribution is 0.349. The minimum atomic E-state index is 0.149. The van der Waals surface area contributed by atoms with Crippen LogP contribution in [0.25, 0.3) is 0 Å². The number of benzene rings is 1. The lowest BCUT2D eigenvalue weighted by atomic mass is 9.98. The Morgan fingerprint density at radius 3 is 3.00 bits per heavy atom. The van der Waals surface area contributed by atoms with Gasteiger partial charge in [0.25, 0.3) is 0 Å². The van der Waals surface area contributed by atoms with E-state index in [1.165, 1.54) is 16.3 Å². The first kappa shape index (κ1) is 13.6. The van der Waals surface area contributed by atoms with Crippen LogP contribution in [-0.2, 0) is 13.1 Å². The number of fused-ring (bicyclic) bond motifs is 1. The van der Waals surface area contributed by atoms with Gasteiger partial charge in [0.2, 0.25) is 0 Å². The highest BCUT2D eigenvalue weighted by Crippen LogP contribution is 2.29. The number of hydrogen-bond acceptors (Lipinski definition) is 4. The summed E-state index contributed by atoms with van der Waals surface area (Å²) in [7, 11) is 0. The third kappa shape index (κ3) is 2.72. The van der Waals surface area contributed by atoms with E-state index in [2.05, 4.69) is 58.7 Å². The molecule has 0 bridgehead atoms. The molecule has 2 heterocycles. The predicted molar refractivity (Wildman–Crippen MR) is 85.1 cm³/mol. The van der Waals surface area contributed by atoms with Crippen LogP contribution in [0.5, 0.6) is 0 Å². The van der Waals surface area contributed by atoms with Crippen LogP contribution in [0.2, 0.25) is 0 Å². The van der Waals surface area contributed by atoms with E-state index in [1.807, 2.05) is 6.20 Å². The molecular formula is C16H21N3S. The van der Waals surface area contributed by atoms with Crippen molar-refractivity contribution in [2.45, 2.75) is 38.9 Å². The van der Waals surface area contributed by atoms with Gasteiger partial charge in [-0.05, 0) is 25.0 Å². The van der Waals surface area contributed by atoms with E-state index in [1.54, 1.807) is 11.3 Å². The second-order valence-corrected chi connectivity index (χ2v) is 6.66. The van der Waals surface area contributed by atoms with Crippen LogP contribution >= 0.6 is 11.3 Å². The Bertz CT molecular complexity index is 567. The zero-order chi connectivity index (χ0) is 14.0. The highest BCUT2D eigenvalue weighted by atomic mass is 32.1. The van der Waals surface area contributed by atoms with Crippen molar-refractivity contribution in [1.29, 1.82) is 0 Å². The van der Waals surface area contributed by atoms with Gasteiger partial charge in [-0.2, -0.15) is 0 Å². The Hall–Kier alpha value is -1.39. The van der Waals surface area contributed by atoms with E-state index in [4.69, 9.17) is 0 Å². The molecule has 4 heteroatoms. The van der Waals surface area contributed by atoms with Crippen LogP contribution in [0.1, 0.15) is 30.8 Å². The average molecular weight is 287 g/mol. The van der Waals surface area contributed by atoms with Gasteiger partial charge in [0, 0.05) is 35.9 Å². The molecule has 0 radical (unpaired) electrons. The van der Waals surface area contributed by atoms with E-state index in [0.29, 0.717) is 0 Å². The number of rotatable bonds is 3. The normalized spacial score (nSPS) is 22.4. The van der Waals surface area contributed by atoms with Crippen molar-refractivity contribution in [2.24, 2.45) is 0 Å². The van der Waals surface area contributed by atoms with Crippen LogP contribution in [0.15, 0.2) is 35.8 Å². The molecule has 0 fully saturated rings. The molecule has 1 aliphatic rings. The zero-order valence-electron chi connectivity index (χ0n) is 12.1. The van der Waals surface area contributed by atoms with E-state index in [0.717, 1.165) is 26.1 Å². The standard InChI is InChI=1S/C16H21N3S/c1-3-16(2)12-19(11-15-17-8-9-20-15)14-7-5-4-6-13(14)10-18-16/h4-9,18H,3,10-12H2,1-2H3. The molecule has 106 valence electrons. The lowest BCUT2D eigenvalue weighted by Crippen LogP contribution is -2.48. The highest BCUT2D eigenvalue weighted by molar-refractivity contribution is 7.09. The summed E-state index contributed by atoms with van der Waals surface area (Å²) in [5, 5.41) is 6.95. The third-order valence-electron chi connectivity index (χ3n) is 4.17. The molecule has 0 amide bonds. The fourth-order valence-corrected chi connectivity index (χ4v) is 3.34. The number of para-hydroxylation sites is 1. The topological polar surface area (TPSA) is 28.2 Å². The van der Waals surface area contributed by atoms with Gasteiger partial charge >= 0.3 is 0 Å². The Kier molecular flexibility index (Phi) is 3.76. The molecule has 1 N–H and O–H groups in total. The van der Waals surface area contributed by atoms with Gasteiger partial charge in [-0.3, -0.25) is 0 Å². The van der Waals surface area contributed by atoms with Gasteiger partial charge in [-0.25, -0.2) is 4.98 Å². The Morgan fingerprint density at radius 2 is 2.25 bits per heavy atom. The van der Waals surface area contributed by atoms with Crippen molar-refractivity contribution in [2.75, 3.05) is 11.4 Å². The summed E-state index contributed by atoms with van der Waals surface area (Å²) in [4.78, 5) is 6.91. The maximum absolute atomic E-state index is 4.44. The molecule has 1 atom stereocenters. The first-order valence-corrected chi connectivity index (χ1v) is 8.04. The number of thiazole rings is 1.